The lowest BCUT2D eigenvalue weighted by Crippen LogP contribution is -2.02. The van der Waals surface area contributed by atoms with E-state index in [0.29, 0.717) is 10.6 Å². The minimum Gasteiger partial charge on any atom is -0.254 e. The standard InChI is InChI=1S/C10H13FOS2/c1-2-13-7-8-14(12)10-6-4-3-5-9(10)11/h3-6H,2,7-8H2,1H3. The van der Waals surface area contributed by atoms with Crippen molar-refractivity contribution in [1.29, 1.82) is 0 Å². The molecule has 0 N–H and O–H groups in total. The molecule has 1 aromatic carbocycles. The highest BCUT2D eigenvalue weighted by atomic mass is 32.2. The quantitative estimate of drug-likeness (QED) is 0.726. The molecule has 0 aromatic heterocycles. The Morgan fingerprint density at radius 2 is 2.14 bits per heavy atom. The van der Waals surface area contributed by atoms with Gasteiger partial charge in [0.15, 0.2) is 0 Å². The van der Waals surface area contributed by atoms with E-state index in [0.717, 1.165) is 11.5 Å². The molecule has 1 rings (SSSR count). The summed E-state index contributed by atoms with van der Waals surface area (Å²) in [4.78, 5) is 0.323. The molecule has 1 unspecified atom stereocenters. The van der Waals surface area contributed by atoms with E-state index in [9.17, 15) is 8.60 Å². The zero-order valence-electron chi connectivity index (χ0n) is 8.03. The molecule has 0 heterocycles. The van der Waals surface area contributed by atoms with Gasteiger partial charge in [0, 0.05) is 11.5 Å². The van der Waals surface area contributed by atoms with Gasteiger partial charge in [-0.2, -0.15) is 11.8 Å². The van der Waals surface area contributed by atoms with Crippen molar-refractivity contribution in [2.75, 3.05) is 17.3 Å². The second-order valence-electron chi connectivity index (χ2n) is 2.68. The predicted molar refractivity (Wildman–Crippen MR) is 60.7 cm³/mol. The van der Waals surface area contributed by atoms with Gasteiger partial charge >= 0.3 is 0 Å². The van der Waals surface area contributed by atoms with Gasteiger partial charge in [-0.25, -0.2) is 4.39 Å². The highest BCUT2D eigenvalue weighted by Gasteiger charge is 2.08. The lowest BCUT2D eigenvalue weighted by molar-refractivity contribution is 0.595. The molecule has 0 radical (unpaired) electrons. The summed E-state index contributed by atoms with van der Waals surface area (Å²) in [6.45, 7) is 2.05. The molecule has 0 amide bonds. The summed E-state index contributed by atoms with van der Waals surface area (Å²) in [6, 6.07) is 6.25. The van der Waals surface area contributed by atoms with Crippen LogP contribution in [0.2, 0.25) is 0 Å². The average molecular weight is 232 g/mol. The maximum absolute atomic E-state index is 13.1. The Morgan fingerprint density at radius 1 is 1.43 bits per heavy atom. The molecule has 1 nitrogen and oxygen atoms in total. The van der Waals surface area contributed by atoms with Gasteiger partial charge in [-0.15, -0.1) is 0 Å². The van der Waals surface area contributed by atoms with E-state index < -0.39 is 10.8 Å². The third-order valence-electron chi connectivity index (χ3n) is 1.70. The van der Waals surface area contributed by atoms with Gasteiger partial charge in [0.2, 0.25) is 0 Å². The lowest BCUT2D eigenvalue weighted by Gasteiger charge is -2.02. The van der Waals surface area contributed by atoms with E-state index >= 15 is 0 Å². The van der Waals surface area contributed by atoms with Gasteiger partial charge in [-0.3, -0.25) is 4.21 Å². The number of hydrogen-bond donors (Lipinski definition) is 0. The Hall–Kier alpha value is -0.350. The van der Waals surface area contributed by atoms with Crippen molar-refractivity contribution < 1.29 is 8.60 Å². The molecule has 0 aliphatic rings. The van der Waals surface area contributed by atoms with E-state index in [1.165, 1.54) is 6.07 Å². The minimum absolute atomic E-state index is 0.323. The van der Waals surface area contributed by atoms with Crippen LogP contribution < -0.4 is 0 Å². The Bertz CT molecular complexity index is 315. The molecule has 0 spiro atoms. The van der Waals surface area contributed by atoms with Crippen LogP contribution in [-0.2, 0) is 10.8 Å². The van der Waals surface area contributed by atoms with E-state index in [4.69, 9.17) is 0 Å². The van der Waals surface area contributed by atoms with Gasteiger partial charge in [-0.1, -0.05) is 19.1 Å². The van der Waals surface area contributed by atoms with Crippen molar-refractivity contribution in [3.63, 3.8) is 0 Å². The van der Waals surface area contributed by atoms with Crippen molar-refractivity contribution in [3.8, 4) is 0 Å². The van der Waals surface area contributed by atoms with E-state index in [2.05, 4.69) is 6.92 Å². The van der Waals surface area contributed by atoms with Crippen LogP contribution >= 0.6 is 11.8 Å². The summed E-state index contributed by atoms with van der Waals surface area (Å²) < 4.78 is 24.7. The van der Waals surface area contributed by atoms with Gasteiger partial charge in [0.25, 0.3) is 0 Å². The van der Waals surface area contributed by atoms with E-state index in [1.54, 1.807) is 30.0 Å². The Labute approximate surface area is 90.6 Å². The van der Waals surface area contributed by atoms with Crippen LogP contribution in [0.5, 0.6) is 0 Å². The number of hydrogen-bond acceptors (Lipinski definition) is 2. The normalized spacial score (nSPS) is 12.7. The Balaban J connectivity index is 2.56. The largest absolute Gasteiger partial charge is 0.254 e. The molecule has 4 heteroatoms. The maximum Gasteiger partial charge on any atom is 0.139 e. The first-order chi connectivity index (χ1) is 6.75. The fraction of sp³-hybridized carbons (Fsp3) is 0.400. The third kappa shape index (κ3) is 3.42. The third-order valence-corrected chi connectivity index (χ3v) is 4.26. The summed E-state index contributed by atoms with van der Waals surface area (Å²) in [5.41, 5.74) is 0. The molecule has 78 valence electrons. The monoisotopic (exact) mass is 232 g/mol. The van der Waals surface area contributed by atoms with Crippen LogP contribution in [0, 0.1) is 5.82 Å². The van der Waals surface area contributed by atoms with Crippen LogP contribution in [-0.4, -0.2) is 21.5 Å². The summed E-state index contributed by atoms with van der Waals surface area (Å²) in [7, 11) is -1.19. The Kier molecular flexibility index (Phi) is 5.19. The van der Waals surface area contributed by atoms with Gasteiger partial charge in [-0.05, 0) is 17.9 Å². The first-order valence-electron chi connectivity index (χ1n) is 4.46. The number of halogens is 1. The number of thioether (sulfide) groups is 1. The van der Waals surface area contributed by atoms with Crippen molar-refractivity contribution in [3.05, 3.63) is 30.1 Å². The topological polar surface area (TPSA) is 17.1 Å². The second-order valence-corrected chi connectivity index (χ2v) is 5.61. The zero-order chi connectivity index (χ0) is 10.4. The number of rotatable bonds is 5. The maximum atomic E-state index is 13.1. The first-order valence-corrected chi connectivity index (χ1v) is 6.93. The molecule has 0 bridgehead atoms. The smallest absolute Gasteiger partial charge is 0.139 e. The zero-order valence-corrected chi connectivity index (χ0v) is 9.67. The van der Waals surface area contributed by atoms with Gasteiger partial charge in [0.1, 0.15) is 5.82 Å². The van der Waals surface area contributed by atoms with Crippen molar-refractivity contribution >= 4 is 22.6 Å². The van der Waals surface area contributed by atoms with Crippen LogP contribution in [0.25, 0.3) is 0 Å². The molecule has 1 aromatic rings. The molecular weight excluding hydrogens is 219 g/mol. The summed E-state index contributed by atoms with van der Waals surface area (Å²) in [6.07, 6.45) is 0. The second kappa shape index (κ2) is 6.19. The summed E-state index contributed by atoms with van der Waals surface area (Å²) in [5, 5.41) is 0. The highest BCUT2D eigenvalue weighted by molar-refractivity contribution is 8.00. The molecule has 0 aliphatic heterocycles. The summed E-state index contributed by atoms with van der Waals surface area (Å²) in [5.74, 6) is 1.98. The van der Waals surface area contributed by atoms with Gasteiger partial charge in [0.05, 0.1) is 15.7 Å². The molecule has 0 aliphatic carbocycles. The SMILES string of the molecule is CCSCCS(=O)c1ccccc1F. The average Bonchev–Trinajstić information content (AvgIpc) is 2.18. The molecule has 0 saturated carbocycles. The molecular formula is C10H13FOS2. The van der Waals surface area contributed by atoms with E-state index in [1.807, 2.05) is 0 Å². The molecule has 0 saturated heterocycles. The Morgan fingerprint density at radius 3 is 2.79 bits per heavy atom. The lowest BCUT2D eigenvalue weighted by atomic mass is 10.3. The predicted octanol–water partition coefficient (Wildman–Crippen LogP) is 2.69. The van der Waals surface area contributed by atoms with E-state index in [-0.39, 0.29) is 5.82 Å². The highest BCUT2D eigenvalue weighted by Crippen LogP contribution is 2.12. The molecule has 1 atom stereocenters. The van der Waals surface area contributed by atoms with Gasteiger partial charge < -0.3 is 0 Å². The van der Waals surface area contributed by atoms with Crippen molar-refractivity contribution in [1.82, 2.24) is 0 Å². The first kappa shape index (κ1) is 11.7. The van der Waals surface area contributed by atoms with Crippen LogP contribution in [0.1, 0.15) is 6.92 Å². The molecule has 14 heavy (non-hydrogen) atoms. The van der Waals surface area contributed by atoms with Crippen LogP contribution in [0.4, 0.5) is 4.39 Å². The van der Waals surface area contributed by atoms with Crippen LogP contribution in [0.3, 0.4) is 0 Å². The fourth-order valence-electron chi connectivity index (χ4n) is 1.02. The van der Waals surface area contributed by atoms with Crippen LogP contribution in [0.15, 0.2) is 29.2 Å². The number of benzene rings is 1. The summed E-state index contributed by atoms with van der Waals surface area (Å²) >= 11 is 1.72. The van der Waals surface area contributed by atoms with Crippen molar-refractivity contribution in [2.24, 2.45) is 0 Å². The molecule has 0 fully saturated rings. The fourth-order valence-corrected chi connectivity index (χ4v) is 3.12. The minimum atomic E-state index is -1.19. The van der Waals surface area contributed by atoms with Crippen molar-refractivity contribution in [2.45, 2.75) is 11.8 Å².